The van der Waals surface area contributed by atoms with Gasteiger partial charge in [0.2, 0.25) is 0 Å². The SMILES string of the molecule is C[C@@H](CO)Nc1cc(CS(=O)(=O)c2ccccc2)nc(-c2ccc(N)cc2)n1. The van der Waals surface area contributed by atoms with Gasteiger partial charge in [0.1, 0.15) is 5.82 Å². The van der Waals surface area contributed by atoms with E-state index in [1.54, 1.807) is 67.6 Å². The zero-order valence-electron chi connectivity index (χ0n) is 15.4. The van der Waals surface area contributed by atoms with Crippen LogP contribution < -0.4 is 11.1 Å². The molecule has 0 saturated carbocycles. The number of rotatable bonds is 7. The number of nitrogens with two attached hydrogens (primary N) is 1. The molecule has 0 fully saturated rings. The predicted octanol–water partition coefficient (Wildman–Crippen LogP) is 2.49. The van der Waals surface area contributed by atoms with Gasteiger partial charge in [0.05, 0.1) is 22.9 Å². The minimum atomic E-state index is -3.56. The summed E-state index contributed by atoms with van der Waals surface area (Å²) >= 11 is 0. The second-order valence-corrected chi connectivity index (χ2v) is 8.48. The summed E-state index contributed by atoms with van der Waals surface area (Å²) in [5, 5.41) is 12.4. The quantitative estimate of drug-likeness (QED) is 0.523. The number of benzene rings is 2. The predicted molar refractivity (Wildman–Crippen MR) is 109 cm³/mol. The van der Waals surface area contributed by atoms with Gasteiger partial charge in [0.15, 0.2) is 15.7 Å². The van der Waals surface area contributed by atoms with Crippen LogP contribution in [0.25, 0.3) is 11.4 Å². The Morgan fingerprint density at radius 3 is 2.39 bits per heavy atom. The largest absolute Gasteiger partial charge is 0.399 e. The lowest BCUT2D eigenvalue weighted by Gasteiger charge is -2.14. The minimum Gasteiger partial charge on any atom is -0.399 e. The van der Waals surface area contributed by atoms with Gasteiger partial charge in [-0.15, -0.1) is 0 Å². The van der Waals surface area contributed by atoms with Crippen LogP contribution in [-0.2, 0) is 15.6 Å². The molecule has 7 nitrogen and oxygen atoms in total. The van der Waals surface area contributed by atoms with Crippen molar-refractivity contribution in [2.45, 2.75) is 23.6 Å². The van der Waals surface area contributed by atoms with Crippen LogP contribution >= 0.6 is 0 Å². The molecule has 0 aliphatic carbocycles. The highest BCUT2D eigenvalue weighted by Gasteiger charge is 2.18. The normalized spacial score (nSPS) is 12.5. The van der Waals surface area contributed by atoms with E-state index in [0.29, 0.717) is 28.6 Å². The summed E-state index contributed by atoms with van der Waals surface area (Å²) in [6, 6.07) is 16.6. The molecule has 0 unspecified atom stereocenters. The smallest absolute Gasteiger partial charge is 0.184 e. The maximum Gasteiger partial charge on any atom is 0.184 e. The molecule has 3 rings (SSSR count). The lowest BCUT2D eigenvalue weighted by atomic mass is 10.2. The Bertz CT molecular complexity index is 1040. The monoisotopic (exact) mass is 398 g/mol. The molecule has 2 aromatic carbocycles. The standard InChI is InChI=1S/C20H22N4O3S/c1-14(12-25)22-19-11-17(13-28(26,27)18-5-3-2-4-6-18)23-20(24-19)15-7-9-16(21)10-8-15/h2-11,14,25H,12-13,21H2,1H3,(H,22,23,24)/t14-/m0/s1. The fourth-order valence-electron chi connectivity index (χ4n) is 2.61. The Labute approximate surface area is 164 Å². The topological polar surface area (TPSA) is 118 Å². The Balaban J connectivity index is 2.00. The summed E-state index contributed by atoms with van der Waals surface area (Å²) in [4.78, 5) is 9.14. The zero-order chi connectivity index (χ0) is 20.1. The van der Waals surface area contributed by atoms with Crippen molar-refractivity contribution in [3.05, 3.63) is 66.4 Å². The maximum absolute atomic E-state index is 12.7. The number of aromatic nitrogens is 2. The third-order valence-electron chi connectivity index (χ3n) is 4.06. The van der Waals surface area contributed by atoms with Crippen molar-refractivity contribution < 1.29 is 13.5 Å². The number of nitrogen functional groups attached to an aromatic ring is 1. The van der Waals surface area contributed by atoms with E-state index in [9.17, 15) is 13.5 Å². The second-order valence-electron chi connectivity index (χ2n) is 6.49. The Morgan fingerprint density at radius 1 is 1.07 bits per heavy atom. The van der Waals surface area contributed by atoms with Gasteiger partial charge in [-0.2, -0.15) is 0 Å². The van der Waals surface area contributed by atoms with E-state index in [0.717, 1.165) is 0 Å². The fourth-order valence-corrected chi connectivity index (χ4v) is 3.89. The summed E-state index contributed by atoms with van der Waals surface area (Å²) in [5.41, 5.74) is 7.42. The first-order valence-corrected chi connectivity index (χ1v) is 10.4. The molecular formula is C20H22N4O3S. The molecule has 8 heteroatoms. The average Bonchev–Trinajstić information content (AvgIpc) is 2.68. The molecule has 3 aromatic rings. The van der Waals surface area contributed by atoms with E-state index < -0.39 is 9.84 Å². The minimum absolute atomic E-state index is 0.0845. The molecule has 1 aromatic heterocycles. The van der Waals surface area contributed by atoms with E-state index in [1.807, 2.05) is 0 Å². The lowest BCUT2D eigenvalue weighted by Crippen LogP contribution is -2.20. The molecule has 0 radical (unpaired) electrons. The van der Waals surface area contributed by atoms with E-state index in [4.69, 9.17) is 5.73 Å². The number of nitrogens with one attached hydrogen (secondary N) is 1. The molecule has 0 spiro atoms. The summed E-state index contributed by atoms with van der Waals surface area (Å²) in [7, 11) is -3.56. The molecule has 1 heterocycles. The van der Waals surface area contributed by atoms with Crippen molar-refractivity contribution >= 4 is 21.3 Å². The van der Waals surface area contributed by atoms with Crippen LogP contribution in [0.1, 0.15) is 12.6 Å². The summed E-state index contributed by atoms with van der Waals surface area (Å²) < 4.78 is 25.5. The van der Waals surface area contributed by atoms with Crippen molar-refractivity contribution in [2.24, 2.45) is 0 Å². The molecule has 28 heavy (non-hydrogen) atoms. The van der Waals surface area contributed by atoms with Crippen LogP contribution in [0.15, 0.2) is 65.6 Å². The fraction of sp³-hybridized carbons (Fsp3) is 0.200. The second kappa shape index (κ2) is 8.37. The third-order valence-corrected chi connectivity index (χ3v) is 5.72. The van der Waals surface area contributed by atoms with Gasteiger partial charge in [-0.3, -0.25) is 0 Å². The number of hydrogen-bond acceptors (Lipinski definition) is 7. The number of aliphatic hydroxyl groups excluding tert-OH is 1. The molecule has 4 N–H and O–H groups in total. The summed E-state index contributed by atoms with van der Waals surface area (Å²) in [6.45, 7) is 1.71. The zero-order valence-corrected chi connectivity index (χ0v) is 16.2. The van der Waals surface area contributed by atoms with Gasteiger partial charge in [-0.05, 0) is 43.3 Å². The van der Waals surface area contributed by atoms with Gasteiger partial charge in [0.25, 0.3) is 0 Å². The van der Waals surface area contributed by atoms with Crippen LogP contribution in [0.3, 0.4) is 0 Å². The van der Waals surface area contributed by atoms with Crippen LogP contribution in [0.5, 0.6) is 0 Å². The first kappa shape index (κ1) is 19.8. The van der Waals surface area contributed by atoms with Crippen LogP contribution in [-0.4, -0.2) is 36.1 Å². The Kier molecular flexibility index (Phi) is 5.91. The summed E-state index contributed by atoms with van der Waals surface area (Å²) in [6.07, 6.45) is 0. The average molecular weight is 398 g/mol. The maximum atomic E-state index is 12.7. The van der Waals surface area contributed by atoms with Gasteiger partial charge < -0.3 is 16.2 Å². The van der Waals surface area contributed by atoms with Crippen molar-refractivity contribution in [3.63, 3.8) is 0 Å². The molecular weight excluding hydrogens is 376 g/mol. The van der Waals surface area contributed by atoms with Gasteiger partial charge >= 0.3 is 0 Å². The molecule has 146 valence electrons. The number of aliphatic hydroxyl groups is 1. The molecule has 0 aliphatic rings. The van der Waals surface area contributed by atoms with Crippen LogP contribution in [0, 0.1) is 0 Å². The molecule has 0 saturated heterocycles. The van der Waals surface area contributed by atoms with Gasteiger partial charge in [-0.25, -0.2) is 18.4 Å². The number of sulfone groups is 1. The van der Waals surface area contributed by atoms with Gasteiger partial charge in [-0.1, -0.05) is 18.2 Å². The van der Waals surface area contributed by atoms with Crippen molar-refractivity contribution in [1.82, 2.24) is 9.97 Å². The van der Waals surface area contributed by atoms with Gasteiger partial charge in [0, 0.05) is 23.4 Å². The number of hydrogen-bond donors (Lipinski definition) is 3. The van der Waals surface area contributed by atoms with Crippen molar-refractivity contribution in [3.8, 4) is 11.4 Å². The van der Waals surface area contributed by atoms with Crippen molar-refractivity contribution in [1.29, 1.82) is 0 Å². The Hall–Kier alpha value is -2.97. The highest BCUT2D eigenvalue weighted by Crippen LogP contribution is 2.22. The Morgan fingerprint density at radius 2 is 1.75 bits per heavy atom. The third kappa shape index (κ3) is 4.85. The van der Waals surface area contributed by atoms with Crippen LogP contribution in [0.2, 0.25) is 0 Å². The first-order valence-electron chi connectivity index (χ1n) is 8.76. The van der Waals surface area contributed by atoms with E-state index in [2.05, 4.69) is 15.3 Å². The van der Waals surface area contributed by atoms with E-state index in [1.165, 1.54) is 0 Å². The number of nitrogens with zero attached hydrogens (tertiary/aromatic N) is 2. The summed E-state index contributed by atoms with van der Waals surface area (Å²) in [5.74, 6) is 0.569. The number of anilines is 2. The first-order chi connectivity index (χ1) is 13.4. The highest BCUT2D eigenvalue weighted by molar-refractivity contribution is 7.90. The highest BCUT2D eigenvalue weighted by atomic mass is 32.2. The van der Waals surface area contributed by atoms with Crippen molar-refractivity contribution in [2.75, 3.05) is 17.7 Å². The molecule has 1 atom stereocenters. The van der Waals surface area contributed by atoms with Crippen LogP contribution in [0.4, 0.5) is 11.5 Å². The molecule has 0 aliphatic heterocycles. The molecule has 0 bridgehead atoms. The molecule has 0 amide bonds. The lowest BCUT2D eigenvalue weighted by molar-refractivity contribution is 0.281. The van der Waals surface area contributed by atoms with E-state index in [-0.39, 0.29) is 23.3 Å². The van der Waals surface area contributed by atoms with E-state index >= 15 is 0 Å².